The summed E-state index contributed by atoms with van der Waals surface area (Å²) in [4.78, 5) is 26.1. The molecule has 1 atom stereocenters. The van der Waals surface area contributed by atoms with E-state index < -0.39 is 30.2 Å². The third-order valence-electron chi connectivity index (χ3n) is 4.35. The van der Waals surface area contributed by atoms with Gasteiger partial charge in [-0.15, -0.1) is 0 Å². The van der Waals surface area contributed by atoms with Crippen molar-refractivity contribution < 1.29 is 22.8 Å². The summed E-state index contributed by atoms with van der Waals surface area (Å²) in [6.45, 7) is -1.55. The van der Waals surface area contributed by atoms with Gasteiger partial charge in [-0.05, 0) is 18.2 Å². The van der Waals surface area contributed by atoms with E-state index in [0.29, 0.717) is 16.3 Å². The number of nitrogens with one attached hydrogen (secondary N) is 2. The van der Waals surface area contributed by atoms with Crippen LogP contribution in [0.2, 0.25) is 0 Å². The minimum Gasteiger partial charge on any atom is -0.350 e. The predicted octanol–water partition coefficient (Wildman–Crippen LogP) is 2.92. The lowest BCUT2D eigenvalue weighted by atomic mass is 9.93. The molecule has 2 aromatic carbocycles. The number of rotatable bonds is 1. The van der Waals surface area contributed by atoms with Crippen LogP contribution in [0.4, 0.5) is 24.5 Å². The number of fused-ring (bicyclic) bond motifs is 3. The van der Waals surface area contributed by atoms with Gasteiger partial charge in [0.25, 0.3) is 11.8 Å². The Bertz CT molecular complexity index is 897. The first-order valence-corrected chi connectivity index (χ1v) is 7.50. The summed E-state index contributed by atoms with van der Waals surface area (Å²) in [5.41, 5.74) is -0.865. The molecular formula is C17H12F3N3O2. The van der Waals surface area contributed by atoms with Crippen molar-refractivity contribution in [3.63, 3.8) is 0 Å². The molecule has 8 heteroatoms. The van der Waals surface area contributed by atoms with Gasteiger partial charge >= 0.3 is 6.18 Å². The van der Waals surface area contributed by atoms with Gasteiger partial charge in [-0.2, -0.15) is 13.2 Å². The fourth-order valence-corrected chi connectivity index (χ4v) is 3.34. The zero-order valence-electron chi connectivity index (χ0n) is 12.7. The van der Waals surface area contributed by atoms with Crippen molar-refractivity contribution in [3.05, 3.63) is 59.7 Å². The number of alkyl halides is 3. The van der Waals surface area contributed by atoms with E-state index in [2.05, 4.69) is 10.6 Å². The molecule has 0 aromatic heterocycles. The Morgan fingerprint density at radius 3 is 2.32 bits per heavy atom. The number of carbonyl (C=O) groups is 2. The van der Waals surface area contributed by atoms with E-state index in [4.69, 9.17) is 0 Å². The summed E-state index contributed by atoms with van der Waals surface area (Å²) in [5.74, 6) is -1.57. The van der Waals surface area contributed by atoms with Gasteiger partial charge in [0, 0.05) is 16.9 Å². The van der Waals surface area contributed by atoms with Gasteiger partial charge in [0.1, 0.15) is 6.54 Å². The first-order chi connectivity index (χ1) is 11.8. The maximum atomic E-state index is 13.2. The molecule has 2 N–H and O–H groups in total. The Morgan fingerprint density at radius 2 is 1.60 bits per heavy atom. The number of amides is 2. The molecule has 0 radical (unpaired) electrons. The Kier molecular flexibility index (Phi) is 3.09. The van der Waals surface area contributed by atoms with E-state index in [0.717, 1.165) is 0 Å². The standard InChI is InChI=1S/C17H12F3N3O2/c18-16(19,20)9-23-14(24)10-5-1-3-7-12(10)22-17(23)11-6-2-4-8-13(11)21-15(17)25/h1-8,22H,9H2,(H,21,25)/t17-/m1/s1. The van der Waals surface area contributed by atoms with E-state index in [9.17, 15) is 22.8 Å². The van der Waals surface area contributed by atoms with Gasteiger partial charge in [0.15, 0.2) is 0 Å². The number of carbonyl (C=O) groups excluding carboxylic acids is 2. The van der Waals surface area contributed by atoms with Crippen molar-refractivity contribution in [2.24, 2.45) is 0 Å². The average Bonchev–Trinajstić information content (AvgIpc) is 2.83. The second-order valence-corrected chi connectivity index (χ2v) is 5.89. The molecule has 0 saturated carbocycles. The smallest absolute Gasteiger partial charge is 0.350 e. The molecule has 2 heterocycles. The lowest BCUT2D eigenvalue weighted by Crippen LogP contribution is -2.63. The van der Waals surface area contributed by atoms with Crippen LogP contribution in [0.15, 0.2) is 48.5 Å². The molecule has 0 bridgehead atoms. The molecule has 1 spiro atoms. The van der Waals surface area contributed by atoms with Crippen molar-refractivity contribution in [3.8, 4) is 0 Å². The maximum absolute atomic E-state index is 13.2. The quantitative estimate of drug-likeness (QED) is 0.834. The second kappa shape index (κ2) is 4.98. The third kappa shape index (κ3) is 2.17. The molecule has 2 aromatic rings. The highest BCUT2D eigenvalue weighted by Crippen LogP contribution is 2.46. The van der Waals surface area contributed by atoms with Crippen LogP contribution in [0.1, 0.15) is 15.9 Å². The number of anilines is 2. The minimum atomic E-state index is -4.66. The first kappa shape index (κ1) is 15.5. The molecule has 2 amide bonds. The zero-order chi connectivity index (χ0) is 17.8. The van der Waals surface area contributed by atoms with E-state index in [1.165, 1.54) is 12.1 Å². The maximum Gasteiger partial charge on any atom is 0.406 e. The summed E-state index contributed by atoms with van der Waals surface area (Å²) in [6.07, 6.45) is -4.66. The summed E-state index contributed by atoms with van der Waals surface area (Å²) in [7, 11) is 0. The molecule has 2 aliphatic heterocycles. The van der Waals surface area contributed by atoms with Crippen molar-refractivity contribution in [1.82, 2.24) is 4.90 Å². The van der Waals surface area contributed by atoms with Gasteiger partial charge in [-0.3, -0.25) is 14.5 Å². The Balaban J connectivity index is 1.96. The Hall–Kier alpha value is -3.03. The first-order valence-electron chi connectivity index (χ1n) is 7.50. The van der Waals surface area contributed by atoms with Crippen molar-refractivity contribution in [1.29, 1.82) is 0 Å². The van der Waals surface area contributed by atoms with Crippen LogP contribution in [-0.4, -0.2) is 29.4 Å². The molecule has 2 aliphatic rings. The number of nitrogens with zero attached hydrogens (tertiary/aromatic N) is 1. The molecule has 0 aliphatic carbocycles. The number of benzene rings is 2. The normalized spacial score (nSPS) is 21.6. The van der Waals surface area contributed by atoms with Gasteiger partial charge in [-0.1, -0.05) is 30.3 Å². The monoisotopic (exact) mass is 347 g/mol. The van der Waals surface area contributed by atoms with Crippen LogP contribution in [0.5, 0.6) is 0 Å². The van der Waals surface area contributed by atoms with Crippen molar-refractivity contribution >= 4 is 23.2 Å². The number of para-hydroxylation sites is 2. The highest BCUT2D eigenvalue weighted by Gasteiger charge is 2.58. The third-order valence-corrected chi connectivity index (χ3v) is 4.35. The Morgan fingerprint density at radius 1 is 0.960 bits per heavy atom. The molecule has 5 nitrogen and oxygen atoms in total. The van der Waals surface area contributed by atoms with Crippen LogP contribution >= 0.6 is 0 Å². The lowest BCUT2D eigenvalue weighted by Gasteiger charge is -2.44. The van der Waals surface area contributed by atoms with Gasteiger partial charge in [0.2, 0.25) is 5.66 Å². The van der Waals surface area contributed by atoms with Crippen LogP contribution in [0.3, 0.4) is 0 Å². The van der Waals surface area contributed by atoms with Crippen LogP contribution < -0.4 is 10.6 Å². The summed E-state index contributed by atoms with van der Waals surface area (Å²) in [6, 6.07) is 12.6. The molecule has 25 heavy (non-hydrogen) atoms. The topological polar surface area (TPSA) is 61.4 Å². The number of hydrogen-bond donors (Lipinski definition) is 2. The summed E-state index contributed by atoms with van der Waals surface area (Å²) >= 11 is 0. The average molecular weight is 347 g/mol. The molecule has 4 rings (SSSR count). The minimum absolute atomic E-state index is 0.0922. The number of halogens is 3. The van der Waals surface area contributed by atoms with Gasteiger partial charge in [0.05, 0.1) is 5.56 Å². The lowest BCUT2D eigenvalue weighted by molar-refractivity contribution is -0.155. The summed E-state index contributed by atoms with van der Waals surface area (Å²) in [5, 5.41) is 5.44. The molecule has 0 unspecified atom stereocenters. The van der Waals surface area contributed by atoms with Crippen molar-refractivity contribution in [2.75, 3.05) is 17.2 Å². The fraction of sp³-hybridized carbons (Fsp3) is 0.176. The molecule has 0 saturated heterocycles. The molecule has 0 fully saturated rings. The van der Waals surface area contributed by atoms with Crippen LogP contribution in [0, 0.1) is 0 Å². The predicted molar refractivity (Wildman–Crippen MR) is 83.9 cm³/mol. The van der Waals surface area contributed by atoms with Gasteiger partial charge < -0.3 is 10.6 Å². The molecular weight excluding hydrogens is 335 g/mol. The van der Waals surface area contributed by atoms with Gasteiger partial charge in [-0.25, -0.2) is 0 Å². The van der Waals surface area contributed by atoms with E-state index in [-0.39, 0.29) is 11.1 Å². The van der Waals surface area contributed by atoms with Crippen LogP contribution in [-0.2, 0) is 10.5 Å². The highest BCUT2D eigenvalue weighted by molar-refractivity contribution is 6.14. The summed E-state index contributed by atoms with van der Waals surface area (Å²) < 4.78 is 39.5. The highest BCUT2D eigenvalue weighted by atomic mass is 19.4. The largest absolute Gasteiger partial charge is 0.406 e. The Labute approximate surface area is 140 Å². The second-order valence-electron chi connectivity index (χ2n) is 5.89. The SMILES string of the molecule is O=C1c2ccccc2N[C@@]2(C(=O)Nc3ccccc32)N1CC(F)(F)F. The number of hydrogen-bond acceptors (Lipinski definition) is 3. The molecule has 128 valence electrons. The van der Waals surface area contributed by atoms with E-state index in [1.807, 2.05) is 0 Å². The van der Waals surface area contributed by atoms with E-state index >= 15 is 0 Å². The zero-order valence-corrected chi connectivity index (χ0v) is 12.7. The van der Waals surface area contributed by atoms with Crippen LogP contribution in [0.25, 0.3) is 0 Å². The van der Waals surface area contributed by atoms with Crippen molar-refractivity contribution in [2.45, 2.75) is 11.8 Å². The van der Waals surface area contributed by atoms with E-state index in [1.54, 1.807) is 36.4 Å². The fourth-order valence-electron chi connectivity index (χ4n) is 3.34.